The Morgan fingerprint density at radius 3 is 2.52 bits per heavy atom. The van der Waals surface area contributed by atoms with Gasteiger partial charge in [-0.2, -0.15) is 13.2 Å². The Morgan fingerprint density at radius 1 is 1.14 bits per heavy atom. The van der Waals surface area contributed by atoms with Crippen molar-refractivity contribution < 1.29 is 22.8 Å². The number of halogens is 3. The predicted octanol–water partition coefficient (Wildman–Crippen LogP) is 1.95. The Labute approximate surface area is 168 Å². The number of nitrogens with zero attached hydrogens (tertiary/aromatic N) is 3. The molecule has 1 aromatic rings. The van der Waals surface area contributed by atoms with E-state index in [9.17, 15) is 22.8 Å². The third kappa shape index (κ3) is 5.62. The number of benzene rings is 1. The normalized spacial score (nSPS) is 21.2. The van der Waals surface area contributed by atoms with Gasteiger partial charge in [-0.1, -0.05) is 6.07 Å². The van der Waals surface area contributed by atoms with Crippen LogP contribution in [0.3, 0.4) is 0 Å². The first-order valence-electron chi connectivity index (χ1n) is 9.92. The summed E-state index contributed by atoms with van der Waals surface area (Å²) in [5.74, 6) is -0.301. The lowest BCUT2D eigenvalue weighted by atomic mass is 10.0. The van der Waals surface area contributed by atoms with Gasteiger partial charge in [-0.05, 0) is 31.0 Å². The molecule has 3 rings (SSSR count). The van der Waals surface area contributed by atoms with Crippen molar-refractivity contribution in [1.82, 2.24) is 15.1 Å². The minimum Gasteiger partial charge on any atom is -0.369 e. The summed E-state index contributed by atoms with van der Waals surface area (Å²) < 4.78 is 38.9. The number of likely N-dealkylation sites (tertiary alicyclic amines) is 1. The van der Waals surface area contributed by atoms with Crippen molar-refractivity contribution >= 4 is 17.5 Å². The molecule has 9 heteroatoms. The fourth-order valence-corrected chi connectivity index (χ4v) is 4.02. The molecule has 0 spiro atoms. The van der Waals surface area contributed by atoms with Crippen LogP contribution in [0.1, 0.15) is 25.3 Å². The molecule has 1 atom stereocenters. The molecular weight excluding hydrogens is 385 g/mol. The lowest BCUT2D eigenvalue weighted by Gasteiger charge is -2.44. The molecule has 1 unspecified atom stereocenters. The summed E-state index contributed by atoms with van der Waals surface area (Å²) in [6.45, 7) is 5.52. The van der Waals surface area contributed by atoms with Crippen molar-refractivity contribution in [3.63, 3.8) is 0 Å². The van der Waals surface area contributed by atoms with E-state index in [1.807, 2.05) is 4.90 Å². The maximum atomic E-state index is 13.0. The van der Waals surface area contributed by atoms with E-state index in [2.05, 4.69) is 10.2 Å². The zero-order chi connectivity index (χ0) is 21.0. The Bertz CT molecular complexity index is 733. The third-order valence-electron chi connectivity index (χ3n) is 5.61. The van der Waals surface area contributed by atoms with E-state index < -0.39 is 11.7 Å². The minimum absolute atomic E-state index is 0.0192. The smallest absolute Gasteiger partial charge is 0.369 e. The van der Waals surface area contributed by atoms with Crippen molar-refractivity contribution in [2.45, 2.75) is 32.0 Å². The topological polar surface area (TPSA) is 55.9 Å². The fraction of sp³-hybridized carbons (Fsp3) is 0.600. The first-order valence-corrected chi connectivity index (χ1v) is 9.92. The lowest BCUT2D eigenvalue weighted by Crippen LogP contribution is -2.56. The van der Waals surface area contributed by atoms with E-state index in [1.54, 1.807) is 11.0 Å². The van der Waals surface area contributed by atoms with Crippen molar-refractivity contribution in [3.8, 4) is 0 Å². The summed E-state index contributed by atoms with van der Waals surface area (Å²) in [5.41, 5.74) is -0.0340. The van der Waals surface area contributed by atoms with Crippen LogP contribution in [0.25, 0.3) is 0 Å². The average Bonchev–Trinajstić information content (AvgIpc) is 2.71. The summed E-state index contributed by atoms with van der Waals surface area (Å²) in [4.78, 5) is 29.4. The van der Waals surface area contributed by atoms with E-state index in [4.69, 9.17) is 0 Å². The minimum atomic E-state index is -4.34. The highest BCUT2D eigenvalue weighted by Crippen LogP contribution is 2.32. The Balaban J connectivity index is 1.54. The highest BCUT2D eigenvalue weighted by molar-refractivity contribution is 5.83. The molecule has 0 aromatic heterocycles. The molecule has 29 heavy (non-hydrogen) atoms. The van der Waals surface area contributed by atoms with Crippen LogP contribution < -0.4 is 10.2 Å². The molecular formula is C20H27F3N4O2. The number of nitrogens with one attached hydrogen (secondary N) is 1. The molecule has 0 bridgehead atoms. The summed E-state index contributed by atoms with van der Waals surface area (Å²) in [6, 6.07) is 5.71. The van der Waals surface area contributed by atoms with E-state index in [1.165, 1.54) is 19.1 Å². The van der Waals surface area contributed by atoms with Gasteiger partial charge in [0.2, 0.25) is 11.8 Å². The van der Waals surface area contributed by atoms with Crippen molar-refractivity contribution in [2.75, 3.05) is 50.7 Å². The molecule has 2 fully saturated rings. The Kier molecular flexibility index (Phi) is 6.66. The van der Waals surface area contributed by atoms with Crippen LogP contribution in [-0.2, 0) is 15.8 Å². The second kappa shape index (κ2) is 9.02. The summed E-state index contributed by atoms with van der Waals surface area (Å²) in [7, 11) is 0. The van der Waals surface area contributed by atoms with E-state index in [0.717, 1.165) is 32.0 Å². The van der Waals surface area contributed by atoms with Crippen molar-refractivity contribution in [3.05, 3.63) is 29.8 Å². The maximum absolute atomic E-state index is 13.0. The first-order chi connectivity index (χ1) is 13.7. The number of piperidine rings is 1. The van der Waals surface area contributed by atoms with Crippen LogP contribution in [0.15, 0.2) is 24.3 Å². The molecule has 0 radical (unpaired) electrons. The lowest BCUT2D eigenvalue weighted by molar-refractivity contribution is -0.137. The maximum Gasteiger partial charge on any atom is 0.416 e. The molecule has 6 nitrogen and oxygen atoms in total. The second-order valence-corrected chi connectivity index (χ2v) is 7.62. The average molecular weight is 412 g/mol. The van der Waals surface area contributed by atoms with Gasteiger partial charge < -0.3 is 15.1 Å². The summed E-state index contributed by atoms with van der Waals surface area (Å²) in [5, 5.41) is 2.55. The fourth-order valence-electron chi connectivity index (χ4n) is 4.02. The van der Waals surface area contributed by atoms with Crippen LogP contribution in [0.2, 0.25) is 0 Å². The highest BCUT2D eigenvalue weighted by atomic mass is 19.4. The van der Waals surface area contributed by atoms with Gasteiger partial charge in [0.1, 0.15) is 0 Å². The Morgan fingerprint density at radius 2 is 1.86 bits per heavy atom. The molecule has 0 saturated carbocycles. The Hall–Kier alpha value is -2.29. The van der Waals surface area contributed by atoms with E-state index >= 15 is 0 Å². The van der Waals surface area contributed by atoms with E-state index in [0.29, 0.717) is 31.9 Å². The molecule has 2 saturated heterocycles. The highest BCUT2D eigenvalue weighted by Gasteiger charge is 2.32. The molecule has 2 aliphatic heterocycles. The van der Waals surface area contributed by atoms with Crippen LogP contribution in [0.4, 0.5) is 18.9 Å². The molecule has 160 valence electrons. The number of carbonyl (C=O) groups excluding carboxylic acids is 2. The van der Waals surface area contributed by atoms with Crippen LogP contribution in [-0.4, -0.2) is 73.5 Å². The number of amides is 2. The zero-order valence-electron chi connectivity index (χ0n) is 16.5. The van der Waals surface area contributed by atoms with Crippen molar-refractivity contribution in [2.24, 2.45) is 0 Å². The first kappa shape index (κ1) is 21.4. The number of alkyl halides is 3. The number of piperazine rings is 1. The molecule has 2 heterocycles. The van der Waals surface area contributed by atoms with E-state index in [-0.39, 0.29) is 24.4 Å². The molecule has 1 aromatic carbocycles. The van der Waals surface area contributed by atoms with Crippen LogP contribution in [0.5, 0.6) is 0 Å². The summed E-state index contributed by atoms with van der Waals surface area (Å²) in [6.07, 6.45) is -2.44. The van der Waals surface area contributed by atoms with Crippen LogP contribution >= 0.6 is 0 Å². The van der Waals surface area contributed by atoms with Gasteiger partial charge in [0.15, 0.2) is 0 Å². The van der Waals surface area contributed by atoms with Crippen LogP contribution in [0, 0.1) is 0 Å². The van der Waals surface area contributed by atoms with Gasteiger partial charge in [-0.3, -0.25) is 14.5 Å². The monoisotopic (exact) mass is 412 g/mol. The van der Waals surface area contributed by atoms with Gasteiger partial charge in [0.05, 0.1) is 12.1 Å². The molecule has 2 amide bonds. The van der Waals surface area contributed by atoms with Gasteiger partial charge in [-0.25, -0.2) is 0 Å². The molecule has 1 N–H and O–H groups in total. The van der Waals surface area contributed by atoms with Gasteiger partial charge >= 0.3 is 6.18 Å². The zero-order valence-corrected chi connectivity index (χ0v) is 16.5. The van der Waals surface area contributed by atoms with Gasteiger partial charge in [0.25, 0.3) is 0 Å². The predicted molar refractivity (Wildman–Crippen MR) is 104 cm³/mol. The number of hydrogen-bond acceptors (Lipinski definition) is 4. The quantitative estimate of drug-likeness (QED) is 0.822. The van der Waals surface area contributed by atoms with Crippen molar-refractivity contribution in [1.29, 1.82) is 0 Å². The molecule has 0 aliphatic carbocycles. The molecule has 2 aliphatic rings. The van der Waals surface area contributed by atoms with Gasteiger partial charge in [0, 0.05) is 57.9 Å². The number of carbonyl (C=O) groups is 2. The standard InChI is InChI=1S/C20H27F3N4O2/c1-15(28)24-13-19(29)27-7-3-6-18(14-27)26-10-8-25(9-11-26)17-5-2-4-16(12-17)20(21,22)23/h2,4-5,12,18H,3,6-11,13-14H2,1H3,(H,24,28). The van der Waals surface area contributed by atoms with Gasteiger partial charge in [-0.15, -0.1) is 0 Å². The largest absolute Gasteiger partial charge is 0.416 e. The number of rotatable bonds is 4. The number of anilines is 1. The number of hydrogen-bond donors (Lipinski definition) is 1. The second-order valence-electron chi connectivity index (χ2n) is 7.62. The SMILES string of the molecule is CC(=O)NCC(=O)N1CCCC(N2CCN(c3cccc(C(F)(F)F)c3)CC2)C1. The third-order valence-corrected chi connectivity index (χ3v) is 5.61. The summed E-state index contributed by atoms with van der Waals surface area (Å²) >= 11 is 0.